The largest absolute Gasteiger partial charge is 0.319 e. The zero-order valence-corrected chi connectivity index (χ0v) is 14.9. The number of halogens is 1. The standard InChI is InChI=1S/C16H32N.ClHO4/c1-3-17(4-2,15-11-7-5-8-12-15)16-13-9-6-10-14-16;2-1(3,4)5/h15-16H,3-14H2,1-2H3;(H,2,3,4,5)/q+1;. The second-order valence-electron chi connectivity index (χ2n) is 6.72. The molecule has 0 saturated heterocycles. The third kappa shape index (κ3) is 6.30. The first-order valence-corrected chi connectivity index (χ1v) is 10.1. The number of rotatable bonds is 4. The van der Waals surface area contributed by atoms with E-state index in [9.17, 15) is 0 Å². The van der Waals surface area contributed by atoms with Crippen LogP contribution in [0.2, 0.25) is 0 Å². The summed E-state index contributed by atoms with van der Waals surface area (Å²) in [4.78, 5) is 0. The Labute approximate surface area is 137 Å². The van der Waals surface area contributed by atoms with Crippen molar-refractivity contribution in [1.82, 2.24) is 0 Å². The number of hydrogen-bond donors (Lipinski definition) is 1. The molecule has 22 heavy (non-hydrogen) atoms. The third-order valence-electron chi connectivity index (χ3n) is 5.78. The molecule has 0 unspecified atom stereocenters. The van der Waals surface area contributed by atoms with Crippen molar-refractivity contribution in [2.45, 2.75) is 90.1 Å². The molecule has 0 amide bonds. The Balaban J connectivity index is 0.000000422. The summed E-state index contributed by atoms with van der Waals surface area (Å²) >= 11 is 0. The van der Waals surface area contributed by atoms with Crippen LogP contribution in [0.3, 0.4) is 0 Å². The molecule has 2 fully saturated rings. The molecule has 2 aliphatic carbocycles. The van der Waals surface area contributed by atoms with E-state index in [2.05, 4.69) is 13.8 Å². The monoisotopic (exact) mass is 338 g/mol. The van der Waals surface area contributed by atoms with Gasteiger partial charge < -0.3 is 4.48 Å². The normalized spacial score (nSPS) is 22.1. The van der Waals surface area contributed by atoms with Crippen LogP contribution < -0.4 is 14.0 Å². The van der Waals surface area contributed by atoms with Crippen molar-refractivity contribution in [3.63, 3.8) is 0 Å². The Morgan fingerprint density at radius 2 is 1.05 bits per heavy atom. The Hall–Kier alpha value is 0.0900. The smallest absolute Gasteiger partial charge is 0.0892 e. The fourth-order valence-corrected chi connectivity index (χ4v) is 4.75. The first-order chi connectivity index (χ1) is 10.3. The van der Waals surface area contributed by atoms with E-state index in [-0.39, 0.29) is 0 Å². The summed E-state index contributed by atoms with van der Waals surface area (Å²) in [5, 5.41) is 0. The maximum Gasteiger partial charge on any atom is 0.0892 e. The SMILES string of the molecule is CC[N+](CC)(C1CCCCC1)C1CCCCC1.[O-][Cl+3]([O-])([O-])O. The van der Waals surface area contributed by atoms with Crippen LogP contribution in [0.1, 0.15) is 78.1 Å². The highest BCUT2D eigenvalue weighted by molar-refractivity contribution is 4.74. The van der Waals surface area contributed by atoms with E-state index in [0.29, 0.717) is 0 Å². The molecule has 6 heteroatoms. The van der Waals surface area contributed by atoms with Crippen molar-refractivity contribution in [2.24, 2.45) is 0 Å². The van der Waals surface area contributed by atoms with Crippen LogP contribution in [0, 0.1) is 10.2 Å². The molecule has 0 atom stereocenters. The predicted octanol–water partition coefficient (Wildman–Crippen LogP) is 0.384. The van der Waals surface area contributed by atoms with E-state index in [1.54, 1.807) is 0 Å². The van der Waals surface area contributed by atoms with Gasteiger partial charge in [-0.15, -0.1) is 0 Å². The second kappa shape index (κ2) is 9.40. The van der Waals surface area contributed by atoms with Crippen molar-refractivity contribution in [2.75, 3.05) is 13.1 Å². The van der Waals surface area contributed by atoms with Crippen LogP contribution in [-0.4, -0.2) is 34.3 Å². The summed E-state index contributed by atoms with van der Waals surface area (Å²) < 4.78 is 34.2. The number of nitrogens with zero attached hydrogens (tertiary/aromatic N) is 1. The van der Waals surface area contributed by atoms with Crippen molar-refractivity contribution in [3.05, 3.63) is 0 Å². The minimum atomic E-state index is -4.69. The Morgan fingerprint density at radius 3 is 1.27 bits per heavy atom. The van der Waals surface area contributed by atoms with Gasteiger partial charge in [0.1, 0.15) is 0 Å². The van der Waals surface area contributed by atoms with Crippen molar-refractivity contribution < 1.29 is 33.4 Å². The van der Waals surface area contributed by atoms with E-state index in [1.807, 2.05) is 0 Å². The van der Waals surface area contributed by atoms with Crippen LogP contribution in [-0.2, 0) is 0 Å². The lowest BCUT2D eigenvalue weighted by molar-refractivity contribution is -1.92. The topological polar surface area (TPSA) is 89.4 Å². The average molecular weight is 339 g/mol. The lowest BCUT2D eigenvalue weighted by atomic mass is 9.85. The summed E-state index contributed by atoms with van der Waals surface area (Å²) in [5.41, 5.74) is 0. The van der Waals surface area contributed by atoms with Crippen LogP contribution in [0.25, 0.3) is 0 Å². The highest BCUT2D eigenvalue weighted by Crippen LogP contribution is 2.36. The van der Waals surface area contributed by atoms with E-state index in [4.69, 9.17) is 18.6 Å². The predicted molar refractivity (Wildman–Crippen MR) is 77.3 cm³/mol. The quantitative estimate of drug-likeness (QED) is 0.751. The van der Waals surface area contributed by atoms with Gasteiger partial charge in [-0.2, -0.15) is 14.0 Å². The van der Waals surface area contributed by atoms with Gasteiger partial charge in [0.15, 0.2) is 0 Å². The van der Waals surface area contributed by atoms with Crippen molar-refractivity contribution in [1.29, 1.82) is 0 Å². The average Bonchev–Trinajstić information content (AvgIpc) is 2.50. The van der Waals surface area contributed by atoms with E-state index in [1.165, 1.54) is 81.8 Å². The van der Waals surface area contributed by atoms with Crippen LogP contribution in [0.4, 0.5) is 0 Å². The molecule has 0 aromatic heterocycles. The van der Waals surface area contributed by atoms with Crippen LogP contribution >= 0.6 is 0 Å². The zero-order chi connectivity index (χ0) is 16.6. The van der Waals surface area contributed by atoms with Gasteiger partial charge in [-0.3, -0.25) is 0 Å². The minimum Gasteiger partial charge on any atom is -0.319 e. The molecule has 0 aliphatic heterocycles. The molecule has 2 saturated carbocycles. The molecule has 0 aromatic rings. The van der Waals surface area contributed by atoms with Gasteiger partial charge in [0.25, 0.3) is 0 Å². The molecule has 132 valence electrons. The first kappa shape index (κ1) is 20.1. The molecule has 5 nitrogen and oxygen atoms in total. The molecule has 0 radical (unpaired) electrons. The van der Waals surface area contributed by atoms with Crippen molar-refractivity contribution in [3.8, 4) is 0 Å². The fraction of sp³-hybridized carbons (Fsp3) is 1.00. The summed E-state index contributed by atoms with van der Waals surface area (Å²) in [6.45, 7) is 7.66. The van der Waals surface area contributed by atoms with Gasteiger partial charge in [-0.1, -0.05) is 12.8 Å². The summed E-state index contributed by atoms with van der Waals surface area (Å²) in [5.74, 6) is 0. The molecule has 0 heterocycles. The molecule has 2 rings (SSSR count). The summed E-state index contributed by atoms with van der Waals surface area (Å²) in [6.07, 6.45) is 15.0. The molecule has 0 spiro atoms. The fourth-order valence-electron chi connectivity index (χ4n) is 4.75. The molecule has 1 N–H and O–H groups in total. The number of quaternary nitrogens is 1. The molecule has 2 aliphatic rings. The van der Waals surface area contributed by atoms with E-state index in [0.717, 1.165) is 12.1 Å². The van der Waals surface area contributed by atoms with Gasteiger partial charge in [0.2, 0.25) is 0 Å². The molecule has 0 aromatic carbocycles. The summed E-state index contributed by atoms with van der Waals surface area (Å²) in [6, 6.07) is 2.00. The lowest BCUT2D eigenvalue weighted by Crippen LogP contribution is -2.62. The molecule has 0 bridgehead atoms. The zero-order valence-electron chi connectivity index (χ0n) is 14.1. The summed E-state index contributed by atoms with van der Waals surface area (Å²) in [7, 11) is -4.69. The Kier molecular flexibility index (Phi) is 8.60. The van der Waals surface area contributed by atoms with Gasteiger partial charge in [0.05, 0.1) is 40.1 Å². The highest BCUT2D eigenvalue weighted by Gasteiger charge is 2.41. The van der Waals surface area contributed by atoms with Crippen LogP contribution in [0.15, 0.2) is 0 Å². The van der Waals surface area contributed by atoms with Gasteiger partial charge in [-0.05, 0) is 65.2 Å². The Morgan fingerprint density at radius 1 is 0.773 bits per heavy atom. The van der Waals surface area contributed by atoms with Gasteiger partial charge >= 0.3 is 0 Å². The van der Waals surface area contributed by atoms with E-state index >= 15 is 0 Å². The third-order valence-corrected chi connectivity index (χ3v) is 5.78. The lowest BCUT2D eigenvalue weighted by Gasteiger charge is -2.51. The van der Waals surface area contributed by atoms with Gasteiger partial charge in [-0.25, -0.2) is 0 Å². The highest BCUT2D eigenvalue weighted by atomic mass is 35.7. The maximum absolute atomic E-state index is 8.60. The van der Waals surface area contributed by atoms with Gasteiger partial charge in [0, 0.05) is 0 Å². The molecular weight excluding hydrogens is 306 g/mol. The second-order valence-corrected chi connectivity index (χ2v) is 7.51. The van der Waals surface area contributed by atoms with E-state index < -0.39 is 10.2 Å². The first-order valence-electron chi connectivity index (χ1n) is 8.83. The van der Waals surface area contributed by atoms with Crippen LogP contribution in [0.5, 0.6) is 0 Å². The minimum absolute atomic E-state index is 1.00. The molecular formula is C16H33ClNO4+. The van der Waals surface area contributed by atoms with Crippen molar-refractivity contribution >= 4 is 0 Å². The maximum atomic E-state index is 8.60. The Bertz CT molecular complexity index is 267. The number of hydrogen-bond acceptors (Lipinski definition) is 4.